The van der Waals surface area contributed by atoms with Crippen LogP contribution in [0.3, 0.4) is 0 Å². The third-order valence-electron chi connectivity index (χ3n) is 4.45. The van der Waals surface area contributed by atoms with Crippen LogP contribution in [-0.4, -0.2) is 20.4 Å². The lowest BCUT2D eigenvalue weighted by atomic mass is 10.0. The fourth-order valence-electron chi connectivity index (χ4n) is 3.13. The second kappa shape index (κ2) is 6.78. The summed E-state index contributed by atoms with van der Waals surface area (Å²) in [6.45, 7) is 0. The molecule has 0 bridgehead atoms. The van der Waals surface area contributed by atoms with Crippen LogP contribution in [0.5, 0.6) is 5.88 Å². The topological polar surface area (TPSA) is 59.0 Å². The molecule has 0 amide bonds. The first-order valence-electron chi connectivity index (χ1n) is 7.97. The number of fused-ring (bicyclic) bond motifs is 1. The quantitative estimate of drug-likeness (QED) is 0.479. The molecule has 2 aromatic heterocycles. The molecule has 5 nitrogen and oxygen atoms in total. The fourth-order valence-corrected chi connectivity index (χ4v) is 5.55. The first-order valence-corrected chi connectivity index (χ1v) is 10.2. The normalized spacial score (nSPS) is 16.4. The highest BCUT2D eigenvalue weighted by Crippen LogP contribution is 2.38. The maximum absolute atomic E-state index is 13.1. The van der Waals surface area contributed by atoms with Crippen LogP contribution in [0.25, 0.3) is 11.1 Å². The van der Waals surface area contributed by atoms with Crippen molar-refractivity contribution < 1.29 is 22.8 Å². The average Bonchev–Trinajstić information content (AvgIpc) is 3.26. The smallest absolute Gasteiger partial charge is 0.416 e. The predicted molar refractivity (Wildman–Crippen MR) is 100.0 cm³/mol. The van der Waals surface area contributed by atoms with Crippen LogP contribution in [0.4, 0.5) is 13.2 Å². The second-order valence-electron chi connectivity index (χ2n) is 6.14. The number of thiazole rings is 1. The minimum absolute atomic E-state index is 0.00112. The number of halogens is 4. The Kier molecular flexibility index (Phi) is 4.67. The van der Waals surface area contributed by atoms with E-state index in [1.807, 2.05) is 0 Å². The highest BCUT2D eigenvalue weighted by molar-refractivity contribution is 7.99. The summed E-state index contributed by atoms with van der Waals surface area (Å²) >= 11 is 8.53. The van der Waals surface area contributed by atoms with Crippen molar-refractivity contribution in [3.8, 4) is 17.0 Å². The van der Waals surface area contributed by atoms with Crippen LogP contribution in [0, 0.1) is 0 Å². The van der Waals surface area contributed by atoms with Gasteiger partial charge in [0.25, 0.3) is 5.88 Å². The molecule has 28 heavy (non-hydrogen) atoms. The number of rotatable bonds is 2. The SMILES string of the molecule is Cn1c2[n+](c(O)c(-c3cccc(C(F)(F)F)c3)c1=O)[C@H](c1cnc(Cl)s1)CS2. The number of nitrogens with zero attached hydrogens (tertiary/aromatic N) is 3. The number of thioether (sulfide) groups is 1. The van der Waals surface area contributed by atoms with E-state index in [0.29, 0.717) is 15.4 Å². The Morgan fingerprint density at radius 1 is 1.39 bits per heavy atom. The number of aromatic hydroxyl groups is 1. The summed E-state index contributed by atoms with van der Waals surface area (Å²) in [6.07, 6.45) is -2.96. The Hall–Kier alpha value is -2.04. The molecule has 0 unspecified atom stereocenters. The van der Waals surface area contributed by atoms with E-state index in [4.69, 9.17) is 11.6 Å². The Morgan fingerprint density at radius 2 is 2.14 bits per heavy atom. The molecule has 1 aliphatic heterocycles. The lowest BCUT2D eigenvalue weighted by Crippen LogP contribution is -2.44. The zero-order chi connectivity index (χ0) is 20.2. The van der Waals surface area contributed by atoms with Gasteiger partial charge < -0.3 is 5.11 Å². The monoisotopic (exact) mass is 446 g/mol. The molecule has 0 fully saturated rings. The van der Waals surface area contributed by atoms with E-state index in [-0.39, 0.29) is 23.0 Å². The molecular weight excluding hydrogens is 435 g/mol. The second-order valence-corrected chi connectivity index (χ2v) is 8.77. The van der Waals surface area contributed by atoms with Gasteiger partial charge in [-0.05, 0) is 29.5 Å². The summed E-state index contributed by atoms with van der Waals surface area (Å²) in [6, 6.07) is 4.04. The van der Waals surface area contributed by atoms with Crippen LogP contribution >= 0.6 is 34.7 Å². The van der Waals surface area contributed by atoms with E-state index in [0.717, 1.165) is 17.0 Å². The predicted octanol–water partition coefficient (Wildman–Crippen LogP) is 3.87. The Bertz CT molecular complexity index is 1140. The number of hydrogen-bond acceptors (Lipinski definition) is 5. The third-order valence-corrected chi connectivity index (χ3v) is 6.87. The van der Waals surface area contributed by atoms with Gasteiger partial charge in [0.05, 0.1) is 23.2 Å². The summed E-state index contributed by atoms with van der Waals surface area (Å²) in [7, 11) is 1.53. The maximum atomic E-state index is 13.1. The minimum atomic E-state index is -4.56. The molecule has 1 aliphatic rings. The van der Waals surface area contributed by atoms with Crippen LogP contribution < -0.4 is 10.1 Å². The van der Waals surface area contributed by atoms with Crippen LogP contribution in [0.2, 0.25) is 4.47 Å². The van der Waals surface area contributed by atoms with Gasteiger partial charge in [0.1, 0.15) is 0 Å². The van der Waals surface area contributed by atoms with Gasteiger partial charge in [0.15, 0.2) is 16.1 Å². The Labute approximate surface area is 170 Å². The van der Waals surface area contributed by atoms with Gasteiger partial charge in [-0.25, -0.2) is 9.78 Å². The lowest BCUT2D eigenvalue weighted by Gasteiger charge is -2.13. The zero-order valence-corrected chi connectivity index (χ0v) is 16.6. The van der Waals surface area contributed by atoms with E-state index in [2.05, 4.69) is 4.98 Å². The highest BCUT2D eigenvalue weighted by atomic mass is 35.5. The molecule has 3 aromatic rings. The van der Waals surface area contributed by atoms with Crippen molar-refractivity contribution in [1.82, 2.24) is 9.55 Å². The van der Waals surface area contributed by atoms with E-state index < -0.39 is 17.3 Å². The van der Waals surface area contributed by atoms with Crippen molar-refractivity contribution in [1.29, 1.82) is 0 Å². The zero-order valence-electron chi connectivity index (χ0n) is 14.2. The average molecular weight is 447 g/mol. The molecule has 0 radical (unpaired) electrons. The molecule has 1 N–H and O–H groups in total. The molecule has 1 atom stereocenters. The van der Waals surface area contributed by atoms with Gasteiger partial charge in [-0.3, -0.25) is 0 Å². The first-order chi connectivity index (χ1) is 13.2. The van der Waals surface area contributed by atoms with E-state index in [9.17, 15) is 23.1 Å². The van der Waals surface area contributed by atoms with Crippen LogP contribution in [0.15, 0.2) is 40.4 Å². The molecule has 0 aliphatic carbocycles. The molecule has 0 saturated carbocycles. The van der Waals surface area contributed by atoms with Crippen LogP contribution in [0.1, 0.15) is 16.5 Å². The summed E-state index contributed by atoms with van der Waals surface area (Å²) in [4.78, 5) is 17.6. The molecule has 146 valence electrons. The molecule has 0 saturated heterocycles. The summed E-state index contributed by atoms with van der Waals surface area (Å²) in [5.74, 6) is 0.155. The molecule has 3 heterocycles. The van der Waals surface area contributed by atoms with Gasteiger partial charge in [0, 0.05) is 6.20 Å². The number of aromatic nitrogens is 3. The number of hydrogen-bond donors (Lipinski definition) is 1. The number of alkyl halides is 3. The van der Waals surface area contributed by atoms with Crippen molar-refractivity contribution in [2.24, 2.45) is 7.05 Å². The molecule has 1 aromatic carbocycles. The Morgan fingerprint density at radius 3 is 2.79 bits per heavy atom. The van der Waals surface area contributed by atoms with Crippen molar-refractivity contribution in [3.63, 3.8) is 0 Å². The van der Waals surface area contributed by atoms with Gasteiger partial charge in [-0.2, -0.15) is 22.3 Å². The highest BCUT2D eigenvalue weighted by Gasteiger charge is 2.40. The third kappa shape index (κ3) is 3.09. The minimum Gasteiger partial charge on any atom is -0.477 e. The van der Waals surface area contributed by atoms with Crippen LogP contribution in [-0.2, 0) is 13.2 Å². The first kappa shape index (κ1) is 19.3. The molecular formula is C17H12ClF3N3O2S2+. The van der Waals surface area contributed by atoms with Crippen molar-refractivity contribution in [2.75, 3.05) is 5.75 Å². The van der Waals surface area contributed by atoms with Crippen molar-refractivity contribution >= 4 is 34.7 Å². The molecule has 11 heteroatoms. The van der Waals surface area contributed by atoms with E-state index in [1.54, 1.807) is 10.8 Å². The van der Waals surface area contributed by atoms with Crippen molar-refractivity contribution in [3.05, 3.63) is 55.7 Å². The van der Waals surface area contributed by atoms with Gasteiger partial charge in [-0.15, -0.1) is 11.3 Å². The molecule has 4 rings (SSSR count). The van der Waals surface area contributed by atoms with Gasteiger partial charge in [-0.1, -0.05) is 23.7 Å². The van der Waals surface area contributed by atoms with Gasteiger partial charge >= 0.3 is 16.9 Å². The number of benzene rings is 1. The largest absolute Gasteiger partial charge is 0.477 e. The van der Waals surface area contributed by atoms with Crippen molar-refractivity contribution in [2.45, 2.75) is 17.4 Å². The lowest BCUT2D eigenvalue weighted by molar-refractivity contribution is -0.748. The standard InChI is InChI=1S/C17H11ClF3N3O2S2/c1-23-13(25)12(8-3-2-4-9(5-8)17(19,20)21)14(26)24-10(7-27-16(23)24)11-6-22-15(18)28-11/h2-6,10H,7H2,1H3/p+1/t10-/m0/s1. The van der Waals surface area contributed by atoms with E-state index >= 15 is 0 Å². The van der Waals surface area contributed by atoms with Gasteiger partial charge in [0.2, 0.25) is 0 Å². The summed E-state index contributed by atoms with van der Waals surface area (Å²) in [5, 5.41) is 11.4. The molecule has 0 spiro atoms. The summed E-state index contributed by atoms with van der Waals surface area (Å²) < 4.78 is 42.5. The van der Waals surface area contributed by atoms with E-state index in [1.165, 1.54) is 46.8 Å². The summed E-state index contributed by atoms with van der Waals surface area (Å²) in [5.41, 5.74) is -1.64. The fraction of sp³-hybridized carbons (Fsp3) is 0.235. The Balaban J connectivity index is 1.94. The maximum Gasteiger partial charge on any atom is 0.416 e.